The summed E-state index contributed by atoms with van der Waals surface area (Å²) in [7, 11) is 0. The zero-order valence-corrected chi connectivity index (χ0v) is 21.9. The molecule has 12 nitrogen and oxygen atoms in total. The van der Waals surface area contributed by atoms with Crippen LogP contribution in [0.3, 0.4) is 0 Å². The van der Waals surface area contributed by atoms with E-state index in [1.54, 1.807) is 6.20 Å². The number of morpholine rings is 1. The summed E-state index contributed by atoms with van der Waals surface area (Å²) in [5, 5.41) is 22.3. The first-order chi connectivity index (χ1) is 18.4. The summed E-state index contributed by atoms with van der Waals surface area (Å²) in [5.41, 5.74) is 0.716. The molecule has 3 aromatic heterocycles. The van der Waals surface area contributed by atoms with E-state index in [1.165, 1.54) is 0 Å². The Labute approximate surface area is 221 Å². The number of piperidine rings is 1. The van der Waals surface area contributed by atoms with Gasteiger partial charge in [0.2, 0.25) is 11.9 Å². The Morgan fingerprint density at radius 2 is 2.08 bits per heavy atom. The minimum atomic E-state index is -0.318. The molecule has 3 aliphatic heterocycles. The number of aromatic nitrogens is 5. The predicted octanol–water partition coefficient (Wildman–Crippen LogP) is 1.99. The fourth-order valence-electron chi connectivity index (χ4n) is 5.48. The molecule has 3 fully saturated rings. The molecule has 0 bridgehead atoms. The van der Waals surface area contributed by atoms with E-state index in [-0.39, 0.29) is 30.3 Å². The number of aliphatic hydroxyl groups excluding tert-OH is 1. The van der Waals surface area contributed by atoms with Crippen LogP contribution in [0, 0.1) is 0 Å². The molecule has 12 heteroatoms. The first-order valence-corrected chi connectivity index (χ1v) is 13.5. The highest BCUT2D eigenvalue weighted by Gasteiger charge is 2.39. The van der Waals surface area contributed by atoms with Crippen molar-refractivity contribution in [2.24, 2.45) is 0 Å². The van der Waals surface area contributed by atoms with Crippen molar-refractivity contribution in [3.05, 3.63) is 24.5 Å². The number of hydrogen-bond acceptors (Lipinski definition) is 10. The lowest BCUT2D eigenvalue weighted by molar-refractivity contribution is -0.146. The van der Waals surface area contributed by atoms with Crippen LogP contribution < -0.4 is 20.4 Å². The van der Waals surface area contributed by atoms with Crippen molar-refractivity contribution in [3.8, 4) is 0 Å². The number of fused-ring (bicyclic) bond motifs is 1. The normalized spacial score (nSPS) is 22.2. The Balaban J connectivity index is 1.20. The topological polar surface area (TPSA) is 134 Å². The number of β-amino-alcohol motifs (C(OH)–C–C–N with tert-alkyl or cyclic N) is 1. The highest BCUT2D eigenvalue weighted by molar-refractivity contribution is 5.92. The molecule has 2 unspecified atom stereocenters. The molecule has 3 aromatic rings. The van der Waals surface area contributed by atoms with Crippen LogP contribution in [0.4, 0.5) is 23.4 Å². The molecule has 1 amide bonds. The third-order valence-electron chi connectivity index (χ3n) is 8.02. The van der Waals surface area contributed by atoms with Gasteiger partial charge in [-0.1, -0.05) is 6.92 Å². The minimum Gasteiger partial charge on any atom is -0.391 e. The lowest BCUT2D eigenvalue weighted by Gasteiger charge is -2.43. The van der Waals surface area contributed by atoms with Gasteiger partial charge in [0.05, 0.1) is 22.6 Å². The van der Waals surface area contributed by atoms with E-state index < -0.39 is 0 Å². The number of carbonyl (C=O) groups is 1. The summed E-state index contributed by atoms with van der Waals surface area (Å²) < 4.78 is 7.95. The number of nitrogens with one attached hydrogen (secondary N) is 2. The van der Waals surface area contributed by atoms with Crippen LogP contribution in [0.1, 0.15) is 45.6 Å². The minimum absolute atomic E-state index is 0.0507. The molecule has 3 aliphatic rings. The second-order valence-electron chi connectivity index (χ2n) is 10.6. The number of nitrogens with zero attached hydrogens (tertiary/aromatic N) is 7. The Kier molecular flexibility index (Phi) is 6.52. The van der Waals surface area contributed by atoms with E-state index in [2.05, 4.69) is 48.9 Å². The van der Waals surface area contributed by atoms with Crippen molar-refractivity contribution in [2.75, 3.05) is 54.4 Å². The van der Waals surface area contributed by atoms with Crippen molar-refractivity contribution in [2.45, 2.75) is 57.3 Å². The smallest absolute Gasteiger partial charge is 0.246 e. The second kappa shape index (κ2) is 9.99. The monoisotopic (exact) mass is 521 g/mol. The van der Waals surface area contributed by atoms with Crippen LogP contribution in [0.25, 0.3) is 10.9 Å². The van der Waals surface area contributed by atoms with Crippen molar-refractivity contribution in [1.29, 1.82) is 0 Å². The molecule has 0 aromatic carbocycles. The SMILES string of the molecule is CCC(C)n1nc(N2CCC(O)C2)c2cnc(Nc3ccnc(N4CCC5(CC4)CNC(=O)CO5)n3)cc21. The molecule has 6 rings (SSSR count). The molecule has 0 aliphatic carbocycles. The fourth-order valence-corrected chi connectivity index (χ4v) is 5.48. The molecule has 1 spiro atoms. The standard InChI is InChI=1S/C26H35N9O3/c1-3-17(2)35-20-12-22(28-13-19(20)24(32-35)34-9-5-18(36)14-34)30-21-4-8-27-25(31-21)33-10-6-26(7-11-33)16-29-23(37)15-38-26/h4,8,12-13,17-18,36H,3,5-7,9-11,14-16H2,1-2H3,(H,29,37)(H,27,28,30,31). The van der Waals surface area contributed by atoms with Crippen molar-refractivity contribution in [3.63, 3.8) is 0 Å². The molecule has 0 radical (unpaired) electrons. The van der Waals surface area contributed by atoms with Gasteiger partial charge in [-0.05, 0) is 38.7 Å². The van der Waals surface area contributed by atoms with Crippen LogP contribution in [0.5, 0.6) is 0 Å². The number of aliphatic hydroxyl groups is 1. The highest BCUT2D eigenvalue weighted by Crippen LogP contribution is 2.33. The van der Waals surface area contributed by atoms with Gasteiger partial charge in [-0.25, -0.2) is 9.97 Å². The van der Waals surface area contributed by atoms with Gasteiger partial charge in [-0.15, -0.1) is 0 Å². The first kappa shape index (κ1) is 24.8. The largest absolute Gasteiger partial charge is 0.391 e. The number of rotatable bonds is 6. The molecule has 6 heterocycles. The molecule has 38 heavy (non-hydrogen) atoms. The third-order valence-corrected chi connectivity index (χ3v) is 8.02. The van der Waals surface area contributed by atoms with E-state index in [0.29, 0.717) is 30.7 Å². The molecule has 3 saturated heterocycles. The Morgan fingerprint density at radius 3 is 2.79 bits per heavy atom. The molecule has 3 N–H and O–H groups in total. The molecule has 202 valence electrons. The fraction of sp³-hybridized carbons (Fsp3) is 0.577. The molecule has 2 atom stereocenters. The maximum Gasteiger partial charge on any atom is 0.246 e. The summed E-state index contributed by atoms with van der Waals surface area (Å²) >= 11 is 0. The summed E-state index contributed by atoms with van der Waals surface area (Å²) in [5.74, 6) is 2.84. The van der Waals surface area contributed by atoms with Crippen LogP contribution in [-0.2, 0) is 9.53 Å². The van der Waals surface area contributed by atoms with Gasteiger partial charge < -0.3 is 30.3 Å². The average molecular weight is 522 g/mol. The average Bonchev–Trinajstić information content (AvgIpc) is 3.54. The Hall–Kier alpha value is -3.51. The number of anilines is 4. The number of carbonyl (C=O) groups excluding carboxylic acids is 1. The Bertz CT molecular complexity index is 1310. The summed E-state index contributed by atoms with van der Waals surface area (Å²) in [6, 6.07) is 4.08. The van der Waals surface area contributed by atoms with Gasteiger partial charge in [0.25, 0.3) is 0 Å². The maximum absolute atomic E-state index is 11.5. The summed E-state index contributed by atoms with van der Waals surface area (Å²) in [6.07, 6.45) is 6.62. The number of amides is 1. The zero-order chi connectivity index (χ0) is 26.3. The van der Waals surface area contributed by atoms with Crippen LogP contribution >= 0.6 is 0 Å². The maximum atomic E-state index is 11.5. The molecule has 0 saturated carbocycles. The predicted molar refractivity (Wildman–Crippen MR) is 144 cm³/mol. The van der Waals surface area contributed by atoms with E-state index in [9.17, 15) is 9.90 Å². The highest BCUT2D eigenvalue weighted by atomic mass is 16.5. The Morgan fingerprint density at radius 1 is 1.24 bits per heavy atom. The summed E-state index contributed by atoms with van der Waals surface area (Å²) in [6.45, 7) is 7.89. The van der Waals surface area contributed by atoms with Gasteiger partial charge in [-0.2, -0.15) is 10.1 Å². The van der Waals surface area contributed by atoms with E-state index in [4.69, 9.17) is 14.8 Å². The van der Waals surface area contributed by atoms with Crippen molar-refractivity contribution in [1.82, 2.24) is 30.0 Å². The van der Waals surface area contributed by atoms with Gasteiger partial charge >= 0.3 is 0 Å². The van der Waals surface area contributed by atoms with Crippen molar-refractivity contribution < 1.29 is 14.6 Å². The second-order valence-corrected chi connectivity index (χ2v) is 10.6. The van der Waals surface area contributed by atoms with Crippen LogP contribution in [-0.4, -0.2) is 86.8 Å². The van der Waals surface area contributed by atoms with Gasteiger partial charge in [-0.3, -0.25) is 9.48 Å². The lowest BCUT2D eigenvalue weighted by atomic mass is 9.90. The zero-order valence-electron chi connectivity index (χ0n) is 21.9. The van der Waals surface area contributed by atoms with Gasteiger partial charge in [0.1, 0.15) is 18.2 Å². The van der Waals surface area contributed by atoms with Gasteiger partial charge in [0.15, 0.2) is 5.82 Å². The third kappa shape index (κ3) is 4.73. The molecular formula is C26H35N9O3. The van der Waals surface area contributed by atoms with E-state index in [1.807, 2.05) is 18.3 Å². The first-order valence-electron chi connectivity index (χ1n) is 13.5. The van der Waals surface area contributed by atoms with Crippen molar-refractivity contribution >= 4 is 40.2 Å². The molecular weight excluding hydrogens is 486 g/mol. The van der Waals surface area contributed by atoms with Gasteiger partial charge in [0, 0.05) is 57.2 Å². The van der Waals surface area contributed by atoms with E-state index in [0.717, 1.165) is 62.0 Å². The number of hydrogen-bond donors (Lipinski definition) is 3. The van der Waals surface area contributed by atoms with E-state index >= 15 is 0 Å². The number of ether oxygens (including phenoxy) is 1. The van der Waals surface area contributed by atoms with Crippen LogP contribution in [0.15, 0.2) is 24.5 Å². The number of pyridine rings is 1. The van der Waals surface area contributed by atoms with Crippen LogP contribution in [0.2, 0.25) is 0 Å². The summed E-state index contributed by atoms with van der Waals surface area (Å²) in [4.78, 5) is 29.7. The quantitative estimate of drug-likeness (QED) is 0.442. The lowest BCUT2D eigenvalue weighted by Crippen LogP contribution is -2.57.